The first-order valence-corrected chi connectivity index (χ1v) is 9.82. The number of benzene rings is 1. The van der Waals surface area contributed by atoms with Gasteiger partial charge in [-0.15, -0.1) is 0 Å². The number of carbonyl (C=O) groups excluding carboxylic acids is 2. The van der Waals surface area contributed by atoms with E-state index in [0.29, 0.717) is 46.6 Å². The van der Waals surface area contributed by atoms with Crippen molar-refractivity contribution in [3.8, 4) is 5.75 Å². The van der Waals surface area contributed by atoms with E-state index >= 15 is 0 Å². The molecule has 2 N–H and O–H groups in total. The van der Waals surface area contributed by atoms with Crippen LogP contribution in [0.5, 0.6) is 5.75 Å². The van der Waals surface area contributed by atoms with Crippen molar-refractivity contribution in [2.45, 2.75) is 40.2 Å². The third-order valence-electron chi connectivity index (χ3n) is 5.55. The Kier molecular flexibility index (Phi) is 4.76. The molecule has 1 aromatic carbocycles. The van der Waals surface area contributed by atoms with Gasteiger partial charge >= 0.3 is 0 Å². The molecule has 0 fully saturated rings. The number of pyridine rings is 1. The molecular weight excluding hydrogens is 384 g/mol. The highest BCUT2D eigenvalue weighted by Crippen LogP contribution is 2.38. The number of H-pyrrole nitrogens is 1. The Morgan fingerprint density at radius 3 is 2.73 bits per heavy atom. The van der Waals surface area contributed by atoms with E-state index in [-0.39, 0.29) is 29.1 Å². The molecule has 0 aliphatic heterocycles. The van der Waals surface area contributed by atoms with Crippen LogP contribution in [0.2, 0.25) is 0 Å². The molecule has 0 unspecified atom stereocenters. The Morgan fingerprint density at radius 2 is 2.00 bits per heavy atom. The van der Waals surface area contributed by atoms with Gasteiger partial charge in [0.15, 0.2) is 11.5 Å². The number of hydrogen-bond acceptors (Lipinski definition) is 5. The van der Waals surface area contributed by atoms with Gasteiger partial charge < -0.3 is 19.5 Å². The van der Waals surface area contributed by atoms with Crippen molar-refractivity contribution in [3.63, 3.8) is 0 Å². The van der Waals surface area contributed by atoms with Gasteiger partial charge in [0.2, 0.25) is 0 Å². The second-order valence-corrected chi connectivity index (χ2v) is 8.55. The minimum atomic E-state index is -0.447. The lowest BCUT2D eigenvalue weighted by Crippen LogP contribution is -2.27. The van der Waals surface area contributed by atoms with Crippen LogP contribution in [-0.2, 0) is 13.0 Å². The van der Waals surface area contributed by atoms with Crippen LogP contribution in [0.15, 0.2) is 33.5 Å². The molecule has 7 nitrogen and oxygen atoms in total. The quantitative estimate of drug-likeness (QED) is 0.688. The number of ether oxygens (including phenoxy) is 1. The van der Waals surface area contributed by atoms with Crippen LogP contribution in [0.3, 0.4) is 0 Å². The van der Waals surface area contributed by atoms with Crippen LogP contribution in [0.1, 0.15) is 58.1 Å². The fourth-order valence-electron chi connectivity index (χ4n) is 4.04. The highest BCUT2D eigenvalue weighted by molar-refractivity contribution is 6.03. The van der Waals surface area contributed by atoms with Crippen molar-refractivity contribution < 1.29 is 18.7 Å². The Balaban J connectivity index is 1.58. The van der Waals surface area contributed by atoms with Gasteiger partial charge in [-0.3, -0.25) is 14.4 Å². The van der Waals surface area contributed by atoms with Crippen molar-refractivity contribution in [1.82, 2.24) is 10.3 Å². The summed E-state index contributed by atoms with van der Waals surface area (Å²) in [6.45, 7) is 5.77. The Morgan fingerprint density at radius 1 is 1.23 bits per heavy atom. The Labute approximate surface area is 173 Å². The summed E-state index contributed by atoms with van der Waals surface area (Å²) in [5.41, 5.74) is 1.71. The SMILES string of the molecule is COc1ccc2[nH]c(=O)c(CNC(=O)c3oc4c(c3C)C(=O)CC(C)(C)C4)cc2c1. The molecule has 0 saturated carbocycles. The molecular formula is C23H24N2O5. The number of fused-ring (bicyclic) bond motifs is 2. The lowest BCUT2D eigenvalue weighted by Gasteiger charge is -2.27. The number of ketones is 1. The first-order chi connectivity index (χ1) is 14.2. The van der Waals surface area contributed by atoms with E-state index in [2.05, 4.69) is 10.3 Å². The standard InChI is InChI=1S/C23H24N2O5/c1-12-19-17(26)9-23(2,3)10-18(19)30-20(12)22(28)24-11-14-7-13-8-15(29-4)5-6-16(13)25-21(14)27/h5-8H,9-11H2,1-4H3,(H,24,28)(H,25,27). The molecule has 1 aliphatic carbocycles. The highest BCUT2D eigenvalue weighted by atomic mass is 16.5. The molecule has 156 valence electrons. The average molecular weight is 408 g/mol. The van der Waals surface area contributed by atoms with E-state index < -0.39 is 5.91 Å². The van der Waals surface area contributed by atoms with Crippen LogP contribution in [0, 0.1) is 12.3 Å². The number of aromatic nitrogens is 1. The first-order valence-electron chi connectivity index (χ1n) is 9.82. The smallest absolute Gasteiger partial charge is 0.287 e. The summed E-state index contributed by atoms with van der Waals surface area (Å²) in [5.74, 6) is 0.924. The average Bonchev–Trinajstić information content (AvgIpc) is 3.01. The van der Waals surface area contributed by atoms with Gasteiger partial charge in [-0.2, -0.15) is 0 Å². The molecule has 0 atom stereocenters. The van der Waals surface area contributed by atoms with Crippen molar-refractivity contribution >= 4 is 22.6 Å². The summed E-state index contributed by atoms with van der Waals surface area (Å²) in [6.07, 6.45) is 1.03. The van der Waals surface area contributed by atoms with Gasteiger partial charge in [0, 0.05) is 41.4 Å². The zero-order valence-corrected chi connectivity index (χ0v) is 17.5. The van der Waals surface area contributed by atoms with E-state index in [9.17, 15) is 14.4 Å². The Bertz CT molecular complexity index is 1230. The zero-order chi connectivity index (χ0) is 21.6. The monoisotopic (exact) mass is 408 g/mol. The van der Waals surface area contributed by atoms with E-state index in [1.165, 1.54) is 0 Å². The van der Waals surface area contributed by atoms with E-state index in [1.807, 2.05) is 19.9 Å². The van der Waals surface area contributed by atoms with E-state index in [0.717, 1.165) is 5.39 Å². The van der Waals surface area contributed by atoms with Crippen LogP contribution >= 0.6 is 0 Å². The number of furan rings is 1. The van der Waals surface area contributed by atoms with Crippen molar-refractivity contribution in [1.29, 1.82) is 0 Å². The summed E-state index contributed by atoms with van der Waals surface area (Å²) in [4.78, 5) is 40.4. The summed E-state index contributed by atoms with van der Waals surface area (Å²) in [6, 6.07) is 7.08. The molecule has 30 heavy (non-hydrogen) atoms. The minimum absolute atomic E-state index is 0.00136. The summed E-state index contributed by atoms with van der Waals surface area (Å²) >= 11 is 0. The second kappa shape index (κ2) is 7.16. The zero-order valence-electron chi connectivity index (χ0n) is 17.5. The lowest BCUT2D eigenvalue weighted by atomic mass is 9.76. The van der Waals surface area contributed by atoms with Gasteiger partial charge in [-0.25, -0.2) is 0 Å². The third kappa shape index (κ3) is 3.51. The summed E-state index contributed by atoms with van der Waals surface area (Å²) in [7, 11) is 1.57. The molecule has 3 aromatic rings. The molecule has 0 saturated heterocycles. The topological polar surface area (TPSA) is 101 Å². The maximum Gasteiger partial charge on any atom is 0.287 e. The van der Waals surface area contributed by atoms with Crippen LogP contribution in [-0.4, -0.2) is 23.8 Å². The molecule has 1 aliphatic rings. The first kappa shape index (κ1) is 19.9. The second-order valence-electron chi connectivity index (χ2n) is 8.55. The summed E-state index contributed by atoms with van der Waals surface area (Å²) in [5, 5.41) is 3.54. The fraction of sp³-hybridized carbons (Fsp3) is 0.348. The van der Waals surface area contributed by atoms with Gasteiger partial charge in [-0.1, -0.05) is 13.8 Å². The number of nitrogens with one attached hydrogen (secondary N) is 2. The molecule has 2 aromatic heterocycles. The van der Waals surface area contributed by atoms with Crippen LogP contribution < -0.4 is 15.6 Å². The molecule has 0 radical (unpaired) electrons. The van der Waals surface area contributed by atoms with Gasteiger partial charge in [0.1, 0.15) is 11.5 Å². The Hall–Kier alpha value is -3.35. The molecule has 0 spiro atoms. The molecule has 2 heterocycles. The van der Waals surface area contributed by atoms with Gasteiger partial charge in [0.25, 0.3) is 11.5 Å². The minimum Gasteiger partial charge on any atom is -0.497 e. The molecule has 4 rings (SSSR count). The number of aromatic amines is 1. The van der Waals surface area contributed by atoms with E-state index in [1.54, 1.807) is 32.2 Å². The number of Topliss-reactive ketones (excluding diaryl/α,β-unsaturated/α-hetero) is 1. The predicted molar refractivity (Wildman–Crippen MR) is 112 cm³/mol. The van der Waals surface area contributed by atoms with Gasteiger partial charge in [-0.05, 0) is 36.6 Å². The number of carbonyl (C=O) groups is 2. The van der Waals surface area contributed by atoms with E-state index in [4.69, 9.17) is 9.15 Å². The number of hydrogen-bond donors (Lipinski definition) is 2. The fourth-order valence-corrected chi connectivity index (χ4v) is 4.04. The predicted octanol–water partition coefficient (Wildman–Crippen LogP) is 3.52. The summed E-state index contributed by atoms with van der Waals surface area (Å²) < 4.78 is 11.0. The third-order valence-corrected chi connectivity index (χ3v) is 5.55. The number of methoxy groups -OCH3 is 1. The molecule has 7 heteroatoms. The van der Waals surface area contributed by atoms with Crippen molar-refractivity contribution in [2.24, 2.45) is 5.41 Å². The highest BCUT2D eigenvalue weighted by Gasteiger charge is 2.37. The molecule has 0 bridgehead atoms. The molecule has 1 amide bonds. The lowest BCUT2D eigenvalue weighted by molar-refractivity contribution is 0.0888. The number of rotatable bonds is 4. The largest absolute Gasteiger partial charge is 0.497 e. The van der Waals surface area contributed by atoms with Crippen molar-refractivity contribution in [3.05, 3.63) is 62.8 Å². The maximum absolute atomic E-state index is 12.8. The van der Waals surface area contributed by atoms with Gasteiger partial charge in [0.05, 0.1) is 12.7 Å². The van der Waals surface area contributed by atoms with Crippen molar-refractivity contribution in [2.75, 3.05) is 7.11 Å². The van der Waals surface area contributed by atoms with Crippen LogP contribution in [0.4, 0.5) is 0 Å². The number of amides is 1. The normalized spacial score (nSPS) is 15.1. The van der Waals surface area contributed by atoms with Crippen LogP contribution in [0.25, 0.3) is 10.9 Å². The maximum atomic E-state index is 12.8.